The molecule has 2 heteroatoms. The molecular formula is C7H12ClN. The van der Waals surface area contributed by atoms with E-state index in [2.05, 4.69) is 11.5 Å². The van der Waals surface area contributed by atoms with Gasteiger partial charge in [-0.15, -0.1) is 12.4 Å². The lowest BCUT2D eigenvalue weighted by Gasteiger charge is -1.98. The monoisotopic (exact) mass is 145 g/mol. The van der Waals surface area contributed by atoms with E-state index in [1.807, 2.05) is 0 Å². The fraction of sp³-hybridized carbons (Fsp3) is 0.714. The first kappa shape index (κ1) is 6.94. The van der Waals surface area contributed by atoms with E-state index in [1.54, 1.807) is 5.57 Å². The van der Waals surface area contributed by atoms with Gasteiger partial charge in [0.05, 0.1) is 0 Å². The summed E-state index contributed by atoms with van der Waals surface area (Å²) in [4.78, 5) is 0. The Morgan fingerprint density at radius 2 is 2.44 bits per heavy atom. The molecule has 52 valence electrons. The van der Waals surface area contributed by atoms with Gasteiger partial charge >= 0.3 is 0 Å². The smallest absolute Gasteiger partial charge is 0.0207 e. The summed E-state index contributed by atoms with van der Waals surface area (Å²) in [7, 11) is 0. The van der Waals surface area contributed by atoms with Gasteiger partial charge in [-0.25, -0.2) is 0 Å². The Balaban J connectivity index is 0.000000405. The molecular weight excluding hydrogens is 134 g/mol. The van der Waals surface area contributed by atoms with Crippen LogP contribution in [0.25, 0.3) is 0 Å². The van der Waals surface area contributed by atoms with E-state index in [4.69, 9.17) is 0 Å². The predicted molar refractivity (Wildman–Crippen MR) is 40.7 cm³/mol. The van der Waals surface area contributed by atoms with E-state index in [9.17, 15) is 0 Å². The normalized spacial score (nSPS) is 30.2. The summed E-state index contributed by atoms with van der Waals surface area (Å²) in [5.41, 5.74) is 1.67. The Bertz CT molecular complexity index is 131. The first-order valence-corrected chi connectivity index (χ1v) is 3.39. The number of hydrogen-bond acceptors (Lipinski definition) is 1. The number of hydrogen-bond donors (Lipinski definition) is 1. The van der Waals surface area contributed by atoms with Crippen LogP contribution in [0.3, 0.4) is 0 Å². The van der Waals surface area contributed by atoms with Crippen molar-refractivity contribution in [2.24, 2.45) is 5.92 Å². The maximum absolute atomic E-state index is 3.26. The number of nitrogens with one attached hydrogen (secondary N) is 1. The van der Waals surface area contributed by atoms with Gasteiger partial charge in [-0.1, -0.05) is 0 Å². The molecule has 1 unspecified atom stereocenters. The Labute approximate surface area is 61.9 Å². The SMILES string of the molecule is C1=C2CCCC2CN1.Cl. The van der Waals surface area contributed by atoms with Crippen LogP contribution in [0.2, 0.25) is 0 Å². The van der Waals surface area contributed by atoms with Crippen molar-refractivity contribution < 1.29 is 0 Å². The van der Waals surface area contributed by atoms with E-state index in [-0.39, 0.29) is 12.4 Å². The standard InChI is InChI=1S/C7H11N.ClH/c1-2-6-4-8-5-7(6)3-1;/h4,7-8H,1-3,5H2;1H. The van der Waals surface area contributed by atoms with Crippen molar-refractivity contribution in [3.8, 4) is 0 Å². The quantitative estimate of drug-likeness (QED) is 0.547. The molecule has 0 aromatic carbocycles. The minimum Gasteiger partial charge on any atom is -0.390 e. The zero-order valence-electron chi connectivity index (χ0n) is 5.39. The maximum Gasteiger partial charge on any atom is 0.0207 e. The van der Waals surface area contributed by atoms with Crippen molar-refractivity contribution in [3.05, 3.63) is 11.8 Å². The summed E-state index contributed by atoms with van der Waals surface area (Å²) < 4.78 is 0. The van der Waals surface area contributed by atoms with Gasteiger partial charge < -0.3 is 5.32 Å². The van der Waals surface area contributed by atoms with Crippen LogP contribution in [-0.2, 0) is 0 Å². The van der Waals surface area contributed by atoms with E-state index >= 15 is 0 Å². The molecule has 1 aliphatic carbocycles. The molecule has 1 saturated carbocycles. The second kappa shape index (κ2) is 2.61. The van der Waals surface area contributed by atoms with Crippen LogP contribution >= 0.6 is 12.4 Å². The molecule has 1 N–H and O–H groups in total. The third-order valence-corrected chi connectivity index (χ3v) is 2.19. The molecule has 0 saturated heterocycles. The topological polar surface area (TPSA) is 12.0 Å². The average Bonchev–Trinajstić information content (AvgIpc) is 2.15. The summed E-state index contributed by atoms with van der Waals surface area (Å²) in [6.45, 7) is 1.22. The highest BCUT2D eigenvalue weighted by molar-refractivity contribution is 5.85. The zero-order valence-corrected chi connectivity index (χ0v) is 6.21. The summed E-state index contributed by atoms with van der Waals surface area (Å²) >= 11 is 0. The summed E-state index contributed by atoms with van der Waals surface area (Å²) in [6, 6.07) is 0. The molecule has 0 amide bonds. The lowest BCUT2D eigenvalue weighted by molar-refractivity contribution is 0.632. The van der Waals surface area contributed by atoms with E-state index in [1.165, 1.54) is 25.8 Å². The second-order valence-electron chi connectivity index (χ2n) is 2.72. The van der Waals surface area contributed by atoms with Crippen LogP contribution in [-0.4, -0.2) is 6.54 Å². The van der Waals surface area contributed by atoms with Crippen molar-refractivity contribution in [1.29, 1.82) is 0 Å². The maximum atomic E-state index is 3.26. The highest BCUT2D eigenvalue weighted by atomic mass is 35.5. The Morgan fingerprint density at radius 1 is 1.56 bits per heavy atom. The van der Waals surface area contributed by atoms with Crippen molar-refractivity contribution in [1.82, 2.24) is 5.32 Å². The fourth-order valence-corrected chi connectivity index (χ4v) is 1.70. The number of rotatable bonds is 0. The van der Waals surface area contributed by atoms with Crippen LogP contribution in [0, 0.1) is 5.92 Å². The molecule has 1 heterocycles. The minimum atomic E-state index is 0. The van der Waals surface area contributed by atoms with E-state index in [0.717, 1.165) is 5.92 Å². The van der Waals surface area contributed by atoms with Crippen LogP contribution in [0.5, 0.6) is 0 Å². The van der Waals surface area contributed by atoms with Gasteiger partial charge in [0.2, 0.25) is 0 Å². The Morgan fingerprint density at radius 3 is 3.22 bits per heavy atom. The summed E-state index contributed by atoms with van der Waals surface area (Å²) in [5.74, 6) is 0.926. The Hall–Kier alpha value is -0.170. The van der Waals surface area contributed by atoms with Crippen LogP contribution in [0.4, 0.5) is 0 Å². The Kier molecular flexibility index (Phi) is 2.01. The number of halogens is 1. The van der Waals surface area contributed by atoms with E-state index < -0.39 is 0 Å². The third-order valence-electron chi connectivity index (χ3n) is 2.19. The third kappa shape index (κ3) is 1.06. The fourth-order valence-electron chi connectivity index (χ4n) is 1.70. The van der Waals surface area contributed by atoms with Gasteiger partial charge in [0.25, 0.3) is 0 Å². The highest BCUT2D eigenvalue weighted by Gasteiger charge is 2.23. The molecule has 0 aromatic heterocycles. The van der Waals surface area contributed by atoms with Crippen molar-refractivity contribution in [2.45, 2.75) is 19.3 Å². The van der Waals surface area contributed by atoms with Crippen LogP contribution < -0.4 is 5.32 Å². The van der Waals surface area contributed by atoms with Gasteiger partial charge in [0.15, 0.2) is 0 Å². The van der Waals surface area contributed by atoms with Crippen LogP contribution in [0.1, 0.15) is 19.3 Å². The molecule has 9 heavy (non-hydrogen) atoms. The molecule has 1 fully saturated rings. The summed E-state index contributed by atoms with van der Waals surface area (Å²) in [5, 5.41) is 3.26. The van der Waals surface area contributed by atoms with Crippen molar-refractivity contribution >= 4 is 12.4 Å². The van der Waals surface area contributed by atoms with Gasteiger partial charge in [0, 0.05) is 6.54 Å². The van der Waals surface area contributed by atoms with Crippen LogP contribution in [0.15, 0.2) is 11.8 Å². The molecule has 0 spiro atoms. The number of fused-ring (bicyclic) bond motifs is 1. The first-order valence-electron chi connectivity index (χ1n) is 3.39. The van der Waals surface area contributed by atoms with E-state index in [0.29, 0.717) is 0 Å². The zero-order chi connectivity index (χ0) is 5.40. The minimum absolute atomic E-state index is 0. The van der Waals surface area contributed by atoms with Gasteiger partial charge in [-0.05, 0) is 37.0 Å². The van der Waals surface area contributed by atoms with Crippen molar-refractivity contribution in [2.75, 3.05) is 6.54 Å². The predicted octanol–water partition coefficient (Wildman–Crippen LogP) is 1.70. The lowest BCUT2D eigenvalue weighted by Crippen LogP contribution is -2.06. The molecule has 0 aromatic rings. The molecule has 1 aliphatic heterocycles. The molecule has 0 radical (unpaired) electrons. The van der Waals surface area contributed by atoms with Gasteiger partial charge in [-0.2, -0.15) is 0 Å². The first-order chi connectivity index (χ1) is 3.97. The molecule has 1 nitrogen and oxygen atoms in total. The molecule has 2 rings (SSSR count). The second-order valence-corrected chi connectivity index (χ2v) is 2.72. The summed E-state index contributed by atoms with van der Waals surface area (Å²) in [6.07, 6.45) is 6.42. The lowest BCUT2D eigenvalue weighted by atomic mass is 10.1. The average molecular weight is 146 g/mol. The largest absolute Gasteiger partial charge is 0.390 e. The molecule has 1 atom stereocenters. The molecule has 0 bridgehead atoms. The van der Waals surface area contributed by atoms with Crippen molar-refractivity contribution in [3.63, 3.8) is 0 Å². The van der Waals surface area contributed by atoms with Gasteiger partial charge in [-0.3, -0.25) is 0 Å². The van der Waals surface area contributed by atoms with Gasteiger partial charge in [0.1, 0.15) is 0 Å². The highest BCUT2D eigenvalue weighted by Crippen LogP contribution is 2.32. The molecule has 2 aliphatic rings.